The Morgan fingerprint density at radius 2 is 2.03 bits per heavy atom. The highest BCUT2D eigenvalue weighted by molar-refractivity contribution is 7.98. The summed E-state index contributed by atoms with van der Waals surface area (Å²) in [7, 11) is 0. The third kappa shape index (κ3) is 3.72. The van der Waals surface area contributed by atoms with Crippen LogP contribution in [0.1, 0.15) is 46.8 Å². The topological polar surface area (TPSA) is 65.1 Å². The minimum atomic E-state index is 0.0648. The molecule has 0 saturated heterocycles. The summed E-state index contributed by atoms with van der Waals surface area (Å²) < 4.78 is 3.77. The van der Waals surface area contributed by atoms with E-state index in [1.807, 2.05) is 23.6 Å². The van der Waals surface area contributed by atoms with Crippen molar-refractivity contribution in [2.45, 2.75) is 63.4 Å². The molecule has 0 fully saturated rings. The lowest BCUT2D eigenvalue weighted by molar-refractivity contribution is 0.671. The van der Waals surface area contributed by atoms with Crippen molar-refractivity contribution in [3.63, 3.8) is 0 Å². The van der Waals surface area contributed by atoms with E-state index in [9.17, 15) is 4.79 Å². The molecule has 8 heteroatoms. The third-order valence-electron chi connectivity index (χ3n) is 5.76. The van der Waals surface area contributed by atoms with Gasteiger partial charge in [-0.1, -0.05) is 24.3 Å². The molecule has 0 radical (unpaired) electrons. The molecule has 5 rings (SSSR count). The molecule has 0 saturated carbocycles. The number of hydrogen-bond acceptors (Lipinski definition) is 6. The van der Waals surface area contributed by atoms with E-state index >= 15 is 0 Å². The molecule has 0 aliphatic heterocycles. The Balaban J connectivity index is 1.53. The largest absolute Gasteiger partial charge is 0.288 e. The zero-order valence-electron chi connectivity index (χ0n) is 17.8. The third-order valence-corrected chi connectivity index (χ3v) is 7.96. The second-order valence-electron chi connectivity index (χ2n) is 8.07. The summed E-state index contributed by atoms with van der Waals surface area (Å²) in [5.74, 6) is 1.34. The fraction of sp³-hybridized carbons (Fsp3) is 0.391. The zero-order valence-corrected chi connectivity index (χ0v) is 19.5. The van der Waals surface area contributed by atoms with Gasteiger partial charge in [0.1, 0.15) is 4.83 Å². The van der Waals surface area contributed by atoms with Gasteiger partial charge in [-0.05, 0) is 51.2 Å². The number of thiophene rings is 1. The standard InChI is InChI=1S/C23H25N5OS2/c1-4-10-27-21(29)19-17-8-6-5-7-9-18(17)31-20(19)26-23(27)30-13-16-12-28-15(3)11-14(2)24-22(28)25-16/h4,11-12H,1,5-10,13H2,2-3H3. The molecule has 6 nitrogen and oxygen atoms in total. The van der Waals surface area contributed by atoms with Crippen LogP contribution in [0.4, 0.5) is 0 Å². The molecular weight excluding hydrogens is 426 g/mol. The summed E-state index contributed by atoms with van der Waals surface area (Å²) in [6, 6.07) is 2.05. The van der Waals surface area contributed by atoms with Crippen LogP contribution in [0.25, 0.3) is 16.0 Å². The van der Waals surface area contributed by atoms with Crippen LogP contribution in [0.2, 0.25) is 0 Å². The number of nitrogens with zero attached hydrogens (tertiary/aromatic N) is 5. The number of fused-ring (bicyclic) bond motifs is 4. The molecule has 4 aromatic rings. The van der Waals surface area contributed by atoms with Crippen molar-refractivity contribution in [2.75, 3.05) is 0 Å². The van der Waals surface area contributed by atoms with Gasteiger partial charge in [-0.25, -0.2) is 15.0 Å². The summed E-state index contributed by atoms with van der Waals surface area (Å²) in [4.78, 5) is 29.8. The smallest absolute Gasteiger partial charge is 0.263 e. The number of hydrogen-bond donors (Lipinski definition) is 0. The predicted octanol–water partition coefficient (Wildman–Crippen LogP) is 4.86. The average molecular weight is 452 g/mol. The molecule has 0 bridgehead atoms. The van der Waals surface area contributed by atoms with Gasteiger partial charge in [-0.2, -0.15) is 0 Å². The number of imidazole rings is 1. The number of aromatic nitrogens is 5. The molecule has 4 heterocycles. The molecule has 0 unspecified atom stereocenters. The monoisotopic (exact) mass is 451 g/mol. The molecule has 1 aliphatic carbocycles. The lowest BCUT2D eigenvalue weighted by Crippen LogP contribution is -2.23. The Morgan fingerprint density at radius 3 is 2.87 bits per heavy atom. The number of aryl methyl sites for hydroxylation is 4. The van der Waals surface area contributed by atoms with E-state index in [-0.39, 0.29) is 5.56 Å². The molecule has 31 heavy (non-hydrogen) atoms. The Kier molecular flexibility index (Phi) is 5.44. The van der Waals surface area contributed by atoms with Crippen molar-refractivity contribution in [3.05, 3.63) is 62.8 Å². The first-order valence-corrected chi connectivity index (χ1v) is 12.5. The van der Waals surface area contributed by atoms with Crippen LogP contribution in [0, 0.1) is 13.8 Å². The van der Waals surface area contributed by atoms with Gasteiger partial charge in [0.25, 0.3) is 5.56 Å². The van der Waals surface area contributed by atoms with Crippen LogP contribution in [0.3, 0.4) is 0 Å². The maximum atomic E-state index is 13.5. The Hall–Kier alpha value is -2.45. The highest BCUT2D eigenvalue weighted by Gasteiger charge is 2.21. The number of rotatable bonds is 5. The van der Waals surface area contributed by atoms with Gasteiger partial charge in [0.05, 0.1) is 11.1 Å². The minimum Gasteiger partial charge on any atom is -0.288 e. The van der Waals surface area contributed by atoms with Crippen molar-refractivity contribution in [2.24, 2.45) is 0 Å². The van der Waals surface area contributed by atoms with E-state index in [4.69, 9.17) is 4.98 Å². The summed E-state index contributed by atoms with van der Waals surface area (Å²) >= 11 is 3.26. The van der Waals surface area contributed by atoms with Crippen LogP contribution in [-0.4, -0.2) is 23.9 Å². The van der Waals surface area contributed by atoms with Crippen molar-refractivity contribution in [1.82, 2.24) is 23.9 Å². The summed E-state index contributed by atoms with van der Waals surface area (Å²) in [5.41, 5.74) is 4.29. The second-order valence-corrected chi connectivity index (χ2v) is 10.1. The van der Waals surface area contributed by atoms with E-state index in [1.165, 1.54) is 23.3 Å². The van der Waals surface area contributed by atoms with Crippen molar-refractivity contribution >= 4 is 39.1 Å². The van der Waals surface area contributed by atoms with Gasteiger partial charge in [-0.15, -0.1) is 17.9 Å². The molecule has 0 atom stereocenters. The molecular formula is C23H25N5OS2. The fourth-order valence-electron chi connectivity index (χ4n) is 4.32. The highest BCUT2D eigenvalue weighted by atomic mass is 32.2. The normalized spacial score (nSPS) is 14.1. The minimum absolute atomic E-state index is 0.0648. The van der Waals surface area contributed by atoms with Crippen molar-refractivity contribution < 1.29 is 0 Å². The second kappa shape index (κ2) is 8.24. The number of allylic oxidation sites excluding steroid dienone is 1. The van der Waals surface area contributed by atoms with Gasteiger partial charge in [-0.3, -0.25) is 13.8 Å². The fourth-order valence-corrected chi connectivity index (χ4v) is 6.52. The highest BCUT2D eigenvalue weighted by Crippen LogP contribution is 2.34. The van der Waals surface area contributed by atoms with Crippen LogP contribution in [-0.2, 0) is 25.1 Å². The summed E-state index contributed by atoms with van der Waals surface area (Å²) in [5, 5.41) is 1.56. The van der Waals surface area contributed by atoms with Crippen LogP contribution in [0.5, 0.6) is 0 Å². The van der Waals surface area contributed by atoms with Crippen LogP contribution < -0.4 is 5.56 Å². The van der Waals surface area contributed by atoms with Gasteiger partial charge in [0.2, 0.25) is 5.78 Å². The summed E-state index contributed by atoms with van der Waals surface area (Å²) in [6.07, 6.45) is 9.42. The lowest BCUT2D eigenvalue weighted by atomic mass is 10.1. The number of thioether (sulfide) groups is 1. The van der Waals surface area contributed by atoms with Gasteiger partial charge >= 0.3 is 0 Å². The molecule has 0 N–H and O–H groups in total. The quantitative estimate of drug-likeness (QED) is 0.188. The maximum absolute atomic E-state index is 13.5. The molecule has 0 aromatic carbocycles. The van der Waals surface area contributed by atoms with E-state index in [0.29, 0.717) is 18.1 Å². The molecule has 0 amide bonds. The molecule has 160 valence electrons. The zero-order chi connectivity index (χ0) is 21.5. The summed E-state index contributed by atoms with van der Waals surface area (Å²) in [6.45, 7) is 8.35. The maximum Gasteiger partial charge on any atom is 0.263 e. The van der Waals surface area contributed by atoms with Gasteiger partial charge < -0.3 is 0 Å². The molecule has 1 aliphatic rings. The Bertz CT molecular complexity index is 1360. The van der Waals surface area contributed by atoms with E-state index < -0.39 is 0 Å². The van der Waals surface area contributed by atoms with Crippen molar-refractivity contribution in [1.29, 1.82) is 0 Å². The first kappa shape index (κ1) is 20.5. The first-order chi connectivity index (χ1) is 15.0. The van der Waals surface area contributed by atoms with Crippen molar-refractivity contribution in [3.8, 4) is 0 Å². The van der Waals surface area contributed by atoms with Gasteiger partial charge in [0.15, 0.2) is 5.16 Å². The predicted molar refractivity (Wildman–Crippen MR) is 127 cm³/mol. The van der Waals surface area contributed by atoms with E-state index in [1.54, 1.807) is 33.7 Å². The van der Waals surface area contributed by atoms with E-state index in [2.05, 4.69) is 23.5 Å². The lowest BCUT2D eigenvalue weighted by Gasteiger charge is -2.10. The Morgan fingerprint density at radius 1 is 1.19 bits per heavy atom. The van der Waals surface area contributed by atoms with E-state index in [0.717, 1.165) is 51.7 Å². The van der Waals surface area contributed by atoms with Gasteiger partial charge in [0, 0.05) is 34.8 Å². The van der Waals surface area contributed by atoms with Crippen LogP contribution >= 0.6 is 23.1 Å². The first-order valence-electron chi connectivity index (χ1n) is 10.7. The SMILES string of the molecule is C=CCn1c(SCc2cn3c(C)cc(C)nc3n2)nc2sc3c(c2c1=O)CCCCC3. The molecule has 4 aromatic heterocycles. The van der Waals surface area contributed by atoms with Crippen LogP contribution in [0.15, 0.2) is 34.9 Å². The molecule has 0 spiro atoms. The Labute approximate surface area is 189 Å². The average Bonchev–Trinajstić information content (AvgIpc) is 3.22.